The Morgan fingerprint density at radius 2 is 2.12 bits per heavy atom. The molecule has 2 N–H and O–H groups in total. The molecule has 0 amide bonds. The molecular formula is C11H17N5. The molecule has 0 unspecified atom stereocenters. The monoisotopic (exact) mass is 219 g/mol. The van der Waals surface area contributed by atoms with Gasteiger partial charge in [-0.25, -0.2) is 4.98 Å². The van der Waals surface area contributed by atoms with Gasteiger partial charge in [0.15, 0.2) is 5.65 Å². The van der Waals surface area contributed by atoms with Crippen LogP contribution in [0.5, 0.6) is 0 Å². The van der Waals surface area contributed by atoms with Gasteiger partial charge in [-0.05, 0) is 26.2 Å². The van der Waals surface area contributed by atoms with Crippen molar-refractivity contribution < 1.29 is 0 Å². The lowest BCUT2D eigenvalue weighted by atomic mass is 10.3. The van der Waals surface area contributed by atoms with Gasteiger partial charge < -0.3 is 5.73 Å². The number of nitrogen functional groups attached to an aromatic ring is 1. The number of fused-ring (bicyclic) bond motifs is 1. The van der Waals surface area contributed by atoms with Gasteiger partial charge in [0, 0.05) is 12.6 Å². The van der Waals surface area contributed by atoms with Crippen LogP contribution in [-0.2, 0) is 19.0 Å². The molecule has 0 atom stereocenters. The van der Waals surface area contributed by atoms with E-state index in [1.165, 1.54) is 12.8 Å². The molecule has 5 nitrogen and oxygen atoms in total. The molecule has 16 heavy (non-hydrogen) atoms. The van der Waals surface area contributed by atoms with Crippen LogP contribution in [0.25, 0.3) is 11.2 Å². The molecular weight excluding hydrogens is 202 g/mol. The van der Waals surface area contributed by atoms with Gasteiger partial charge in [0.05, 0.1) is 5.69 Å². The minimum atomic E-state index is 0.164. The molecule has 2 aromatic heterocycles. The van der Waals surface area contributed by atoms with Crippen molar-refractivity contribution >= 4 is 17.1 Å². The smallest absolute Gasteiger partial charge is 0.203 e. The Kier molecular flexibility index (Phi) is 1.68. The summed E-state index contributed by atoms with van der Waals surface area (Å²) in [5.74, 6) is 0.623. The van der Waals surface area contributed by atoms with Crippen LogP contribution >= 0.6 is 0 Å². The highest BCUT2D eigenvalue weighted by molar-refractivity contribution is 5.78. The fraction of sp³-hybridized carbons (Fsp3) is 0.636. The van der Waals surface area contributed by atoms with Crippen LogP contribution in [0.4, 0.5) is 5.95 Å². The highest BCUT2D eigenvalue weighted by Crippen LogP contribution is 2.46. The lowest BCUT2D eigenvalue weighted by Crippen LogP contribution is -2.17. The second-order valence-electron chi connectivity index (χ2n) is 4.90. The molecule has 2 aromatic rings. The van der Waals surface area contributed by atoms with Crippen molar-refractivity contribution in [2.75, 3.05) is 5.73 Å². The van der Waals surface area contributed by atoms with Crippen molar-refractivity contribution in [2.24, 2.45) is 7.05 Å². The number of rotatable bonds is 2. The SMILES string of the molecule is CCc1nn(C)c2c1nc(N)n2C1(C)CC1. The van der Waals surface area contributed by atoms with E-state index in [9.17, 15) is 0 Å². The number of hydrogen-bond donors (Lipinski definition) is 1. The van der Waals surface area contributed by atoms with Crippen molar-refractivity contribution in [1.82, 2.24) is 19.3 Å². The average Bonchev–Trinajstić information content (AvgIpc) is 2.75. The molecule has 0 spiro atoms. The van der Waals surface area contributed by atoms with Crippen LogP contribution in [0, 0.1) is 0 Å². The first-order chi connectivity index (χ1) is 7.57. The van der Waals surface area contributed by atoms with Crippen molar-refractivity contribution in [1.29, 1.82) is 0 Å². The second kappa shape index (κ2) is 2.78. The van der Waals surface area contributed by atoms with Gasteiger partial charge in [-0.3, -0.25) is 9.25 Å². The predicted octanol–water partition coefficient (Wildman–Crippen LogP) is 1.42. The summed E-state index contributed by atoms with van der Waals surface area (Å²) in [6.45, 7) is 4.32. The van der Waals surface area contributed by atoms with E-state index in [1.54, 1.807) is 0 Å². The Bertz CT molecular complexity index is 558. The molecule has 86 valence electrons. The van der Waals surface area contributed by atoms with E-state index in [1.807, 2.05) is 11.7 Å². The lowest BCUT2D eigenvalue weighted by molar-refractivity contribution is 0.541. The second-order valence-corrected chi connectivity index (χ2v) is 4.90. The van der Waals surface area contributed by atoms with Gasteiger partial charge in [-0.1, -0.05) is 6.92 Å². The third-order valence-electron chi connectivity index (χ3n) is 3.58. The summed E-state index contributed by atoms with van der Waals surface area (Å²) in [5, 5.41) is 4.49. The van der Waals surface area contributed by atoms with Crippen molar-refractivity contribution in [3.8, 4) is 0 Å². The van der Waals surface area contributed by atoms with E-state index < -0.39 is 0 Å². The van der Waals surface area contributed by atoms with Crippen molar-refractivity contribution in [2.45, 2.75) is 38.6 Å². The van der Waals surface area contributed by atoms with Crippen LogP contribution in [0.15, 0.2) is 0 Å². The molecule has 5 heteroatoms. The zero-order valence-corrected chi connectivity index (χ0v) is 9.99. The van der Waals surface area contributed by atoms with E-state index >= 15 is 0 Å². The summed E-state index contributed by atoms with van der Waals surface area (Å²) in [4.78, 5) is 4.47. The zero-order valence-electron chi connectivity index (χ0n) is 9.99. The van der Waals surface area contributed by atoms with Gasteiger partial charge in [0.1, 0.15) is 5.52 Å². The Labute approximate surface area is 94.2 Å². The topological polar surface area (TPSA) is 61.7 Å². The summed E-state index contributed by atoms with van der Waals surface area (Å²) in [7, 11) is 1.96. The Morgan fingerprint density at radius 3 is 2.69 bits per heavy atom. The number of anilines is 1. The van der Waals surface area contributed by atoms with Gasteiger partial charge in [-0.15, -0.1) is 0 Å². The van der Waals surface area contributed by atoms with Crippen LogP contribution in [-0.4, -0.2) is 19.3 Å². The third-order valence-corrected chi connectivity index (χ3v) is 3.58. The first-order valence-electron chi connectivity index (χ1n) is 5.77. The highest BCUT2D eigenvalue weighted by Gasteiger charge is 2.42. The number of aryl methyl sites for hydroxylation is 2. The zero-order chi connectivity index (χ0) is 11.5. The molecule has 2 heterocycles. The van der Waals surface area contributed by atoms with E-state index in [4.69, 9.17) is 5.73 Å². The molecule has 0 saturated heterocycles. The normalized spacial score (nSPS) is 18.2. The molecule has 0 bridgehead atoms. The average molecular weight is 219 g/mol. The summed E-state index contributed by atoms with van der Waals surface area (Å²) >= 11 is 0. The number of imidazole rings is 1. The molecule has 3 rings (SSSR count). The third kappa shape index (κ3) is 1.06. The fourth-order valence-corrected chi connectivity index (χ4v) is 2.37. The van der Waals surface area contributed by atoms with Gasteiger partial charge in [0.25, 0.3) is 0 Å². The highest BCUT2D eigenvalue weighted by atomic mass is 15.4. The number of nitrogens with two attached hydrogens (primary N) is 1. The maximum Gasteiger partial charge on any atom is 0.203 e. The van der Waals surface area contributed by atoms with Crippen LogP contribution in [0.2, 0.25) is 0 Å². The van der Waals surface area contributed by atoms with E-state index in [0.717, 1.165) is 23.3 Å². The molecule has 1 aliphatic carbocycles. The largest absolute Gasteiger partial charge is 0.369 e. The summed E-state index contributed by atoms with van der Waals surface area (Å²) in [6.07, 6.45) is 3.25. The molecule has 1 saturated carbocycles. The predicted molar refractivity (Wildman–Crippen MR) is 63.2 cm³/mol. The van der Waals surface area contributed by atoms with Crippen LogP contribution in [0.3, 0.4) is 0 Å². The van der Waals surface area contributed by atoms with Gasteiger partial charge in [0.2, 0.25) is 5.95 Å². The number of aromatic nitrogens is 4. The number of nitrogens with zero attached hydrogens (tertiary/aromatic N) is 4. The molecule has 1 fully saturated rings. The van der Waals surface area contributed by atoms with Gasteiger partial charge in [-0.2, -0.15) is 5.10 Å². The minimum Gasteiger partial charge on any atom is -0.369 e. The molecule has 1 aliphatic rings. The summed E-state index contributed by atoms with van der Waals surface area (Å²) < 4.78 is 4.05. The Balaban J connectivity index is 2.35. The van der Waals surface area contributed by atoms with E-state index in [2.05, 4.69) is 28.5 Å². The van der Waals surface area contributed by atoms with E-state index in [0.29, 0.717) is 5.95 Å². The fourth-order valence-electron chi connectivity index (χ4n) is 2.37. The van der Waals surface area contributed by atoms with Crippen LogP contribution in [0.1, 0.15) is 32.4 Å². The number of hydrogen-bond acceptors (Lipinski definition) is 3. The first-order valence-corrected chi connectivity index (χ1v) is 5.77. The van der Waals surface area contributed by atoms with Crippen LogP contribution < -0.4 is 5.73 Å². The Hall–Kier alpha value is -1.52. The van der Waals surface area contributed by atoms with Crippen molar-refractivity contribution in [3.63, 3.8) is 0 Å². The first kappa shape index (κ1) is 9.69. The quantitative estimate of drug-likeness (QED) is 0.831. The molecule has 0 aromatic carbocycles. The summed E-state index contributed by atoms with van der Waals surface area (Å²) in [5.41, 5.74) is 9.26. The maximum absolute atomic E-state index is 6.03. The van der Waals surface area contributed by atoms with Gasteiger partial charge >= 0.3 is 0 Å². The standard InChI is InChI=1S/C11H17N5/c1-4-7-8-9(15(3)14-7)16(10(12)13-8)11(2)5-6-11/h4-6H2,1-3H3,(H2,12,13). The minimum absolute atomic E-state index is 0.164. The maximum atomic E-state index is 6.03. The molecule has 0 aliphatic heterocycles. The Morgan fingerprint density at radius 1 is 1.44 bits per heavy atom. The summed E-state index contributed by atoms with van der Waals surface area (Å²) in [6, 6.07) is 0. The molecule has 0 radical (unpaired) electrons. The van der Waals surface area contributed by atoms with E-state index in [-0.39, 0.29) is 5.54 Å². The van der Waals surface area contributed by atoms with Crippen molar-refractivity contribution in [3.05, 3.63) is 5.69 Å². The lowest BCUT2D eigenvalue weighted by Gasteiger charge is -2.13.